The van der Waals surface area contributed by atoms with Crippen molar-refractivity contribution in [1.82, 2.24) is 4.98 Å². The first-order chi connectivity index (χ1) is 9.78. The summed E-state index contributed by atoms with van der Waals surface area (Å²) in [5.41, 5.74) is 0.0773. The molecule has 0 unspecified atom stereocenters. The highest BCUT2D eigenvalue weighted by Gasteiger charge is 2.25. The van der Waals surface area contributed by atoms with E-state index in [4.69, 9.17) is 14.6 Å². The van der Waals surface area contributed by atoms with Crippen LogP contribution in [0, 0.1) is 5.92 Å². The van der Waals surface area contributed by atoms with E-state index in [1.165, 1.54) is 0 Å². The zero-order chi connectivity index (χ0) is 15.9. The number of ether oxygens (including phenoxy) is 2. The van der Waals surface area contributed by atoms with Crippen LogP contribution < -0.4 is 0 Å². The number of aromatic nitrogens is 1. The molecule has 0 aliphatic heterocycles. The number of rotatable bonds is 7. The number of pyridine rings is 1. The van der Waals surface area contributed by atoms with Gasteiger partial charge in [-0.25, -0.2) is 0 Å². The Morgan fingerprint density at radius 3 is 2.57 bits per heavy atom. The lowest BCUT2D eigenvalue weighted by Gasteiger charge is -2.21. The molecule has 0 fully saturated rings. The van der Waals surface area contributed by atoms with E-state index in [2.05, 4.69) is 4.98 Å². The van der Waals surface area contributed by atoms with Crippen molar-refractivity contribution in [3.63, 3.8) is 0 Å². The van der Waals surface area contributed by atoms with E-state index in [0.29, 0.717) is 5.69 Å². The molecular weight excluding hydrogens is 274 g/mol. The minimum Gasteiger partial charge on any atom is -0.481 e. The van der Waals surface area contributed by atoms with Crippen molar-refractivity contribution in [2.24, 2.45) is 5.92 Å². The Kier molecular flexibility index (Phi) is 6.30. The van der Waals surface area contributed by atoms with Gasteiger partial charge in [-0.05, 0) is 32.9 Å². The van der Waals surface area contributed by atoms with E-state index < -0.39 is 23.5 Å². The molecule has 6 nitrogen and oxygen atoms in total. The van der Waals surface area contributed by atoms with Crippen LogP contribution in [0.4, 0.5) is 0 Å². The molecule has 1 aromatic heterocycles. The van der Waals surface area contributed by atoms with Crippen LogP contribution in [0.5, 0.6) is 0 Å². The minimum absolute atomic E-state index is 0.0643. The van der Waals surface area contributed by atoms with Gasteiger partial charge in [-0.3, -0.25) is 14.6 Å². The molecule has 0 aliphatic rings. The first-order valence-electron chi connectivity index (χ1n) is 6.70. The summed E-state index contributed by atoms with van der Waals surface area (Å²) in [6.45, 7) is 5.35. The van der Waals surface area contributed by atoms with Gasteiger partial charge >= 0.3 is 11.9 Å². The Hall–Kier alpha value is -1.95. The van der Waals surface area contributed by atoms with Gasteiger partial charge in [0, 0.05) is 6.20 Å². The SMILES string of the molecule is CC(C)(C)OC(=O)C[C@H](COCc1ccccn1)C(=O)O. The number of hydrogen-bond donors (Lipinski definition) is 1. The van der Waals surface area contributed by atoms with Crippen LogP contribution in [0.2, 0.25) is 0 Å². The fraction of sp³-hybridized carbons (Fsp3) is 0.533. The van der Waals surface area contributed by atoms with Crippen molar-refractivity contribution >= 4 is 11.9 Å². The summed E-state index contributed by atoms with van der Waals surface area (Å²) in [6, 6.07) is 5.39. The minimum atomic E-state index is -1.08. The van der Waals surface area contributed by atoms with Crippen LogP contribution in [0.15, 0.2) is 24.4 Å². The summed E-state index contributed by atoms with van der Waals surface area (Å²) in [5.74, 6) is -2.55. The molecule has 0 aromatic carbocycles. The number of carbonyl (C=O) groups excluding carboxylic acids is 1. The summed E-state index contributed by atoms with van der Waals surface area (Å²) >= 11 is 0. The molecule has 0 spiro atoms. The van der Waals surface area contributed by atoms with Crippen molar-refractivity contribution in [2.75, 3.05) is 6.61 Å². The van der Waals surface area contributed by atoms with E-state index in [0.717, 1.165) is 0 Å². The summed E-state index contributed by atoms with van der Waals surface area (Å²) in [6.07, 6.45) is 1.42. The van der Waals surface area contributed by atoms with Crippen molar-refractivity contribution < 1.29 is 24.2 Å². The molecular formula is C15H21NO5. The van der Waals surface area contributed by atoms with Crippen molar-refractivity contribution in [3.8, 4) is 0 Å². The third-order valence-electron chi connectivity index (χ3n) is 2.48. The molecule has 0 saturated carbocycles. The van der Waals surface area contributed by atoms with Gasteiger partial charge in [-0.15, -0.1) is 0 Å². The Balaban J connectivity index is 2.43. The van der Waals surface area contributed by atoms with Gasteiger partial charge in [0.25, 0.3) is 0 Å². The third kappa shape index (κ3) is 7.41. The van der Waals surface area contributed by atoms with Crippen LogP contribution in [0.1, 0.15) is 32.9 Å². The highest BCUT2D eigenvalue weighted by Crippen LogP contribution is 2.13. The number of carboxylic acids is 1. The fourth-order valence-electron chi connectivity index (χ4n) is 1.59. The number of carboxylic acid groups (broad SMARTS) is 1. The van der Waals surface area contributed by atoms with Gasteiger partial charge in [0.2, 0.25) is 0 Å². The van der Waals surface area contributed by atoms with E-state index in [1.54, 1.807) is 39.1 Å². The Labute approximate surface area is 124 Å². The molecule has 21 heavy (non-hydrogen) atoms. The van der Waals surface area contributed by atoms with Gasteiger partial charge in [-0.1, -0.05) is 6.07 Å². The molecule has 0 aliphatic carbocycles. The molecule has 0 bridgehead atoms. The monoisotopic (exact) mass is 295 g/mol. The smallest absolute Gasteiger partial charge is 0.309 e. The van der Waals surface area contributed by atoms with Crippen LogP contribution in [0.3, 0.4) is 0 Å². The summed E-state index contributed by atoms with van der Waals surface area (Å²) in [5, 5.41) is 9.11. The maximum absolute atomic E-state index is 11.7. The standard InChI is InChI=1S/C15H21NO5/c1-15(2,3)21-13(17)8-11(14(18)19)9-20-10-12-6-4-5-7-16-12/h4-7,11H,8-10H2,1-3H3,(H,18,19)/t11-/m1/s1. The predicted molar refractivity (Wildman–Crippen MR) is 75.5 cm³/mol. The fourth-order valence-corrected chi connectivity index (χ4v) is 1.59. The maximum atomic E-state index is 11.7. The largest absolute Gasteiger partial charge is 0.481 e. The van der Waals surface area contributed by atoms with Crippen LogP contribution in [0.25, 0.3) is 0 Å². The lowest BCUT2D eigenvalue weighted by atomic mass is 10.1. The molecule has 1 aromatic rings. The average molecular weight is 295 g/mol. The number of esters is 1. The maximum Gasteiger partial charge on any atom is 0.309 e. The molecule has 116 valence electrons. The number of aliphatic carboxylic acids is 1. The summed E-state index contributed by atoms with van der Waals surface area (Å²) < 4.78 is 10.4. The van der Waals surface area contributed by atoms with Crippen molar-refractivity contribution in [2.45, 2.75) is 39.4 Å². The number of nitrogens with zero attached hydrogens (tertiary/aromatic N) is 1. The second-order valence-corrected chi connectivity index (χ2v) is 5.66. The van der Waals surface area contributed by atoms with Gasteiger partial charge in [-0.2, -0.15) is 0 Å². The first kappa shape index (κ1) is 17.1. The molecule has 0 amide bonds. The second kappa shape index (κ2) is 7.73. The van der Waals surface area contributed by atoms with E-state index >= 15 is 0 Å². The summed E-state index contributed by atoms with van der Waals surface area (Å²) in [4.78, 5) is 26.9. The number of carbonyl (C=O) groups is 2. The molecule has 0 saturated heterocycles. The van der Waals surface area contributed by atoms with E-state index in [-0.39, 0.29) is 19.6 Å². The average Bonchev–Trinajstić information content (AvgIpc) is 2.36. The zero-order valence-corrected chi connectivity index (χ0v) is 12.5. The van der Waals surface area contributed by atoms with Crippen LogP contribution in [-0.2, 0) is 25.7 Å². The topological polar surface area (TPSA) is 85.7 Å². The molecule has 6 heteroatoms. The van der Waals surface area contributed by atoms with Gasteiger partial charge < -0.3 is 14.6 Å². The van der Waals surface area contributed by atoms with Crippen molar-refractivity contribution in [1.29, 1.82) is 0 Å². The van der Waals surface area contributed by atoms with Gasteiger partial charge in [0.05, 0.1) is 31.2 Å². The lowest BCUT2D eigenvalue weighted by molar-refractivity contribution is -0.161. The molecule has 0 radical (unpaired) electrons. The van der Waals surface area contributed by atoms with Gasteiger partial charge in [0.15, 0.2) is 0 Å². The lowest BCUT2D eigenvalue weighted by Crippen LogP contribution is -2.29. The highest BCUT2D eigenvalue weighted by atomic mass is 16.6. The Morgan fingerprint density at radius 2 is 2.05 bits per heavy atom. The molecule has 1 heterocycles. The third-order valence-corrected chi connectivity index (χ3v) is 2.48. The predicted octanol–water partition coefficient (Wildman–Crippen LogP) is 2.03. The van der Waals surface area contributed by atoms with E-state index in [1.807, 2.05) is 6.07 Å². The quantitative estimate of drug-likeness (QED) is 0.775. The first-order valence-corrected chi connectivity index (χ1v) is 6.70. The van der Waals surface area contributed by atoms with E-state index in [9.17, 15) is 9.59 Å². The normalized spacial score (nSPS) is 12.7. The van der Waals surface area contributed by atoms with Crippen LogP contribution >= 0.6 is 0 Å². The molecule has 1 atom stereocenters. The highest BCUT2D eigenvalue weighted by molar-refractivity contribution is 5.79. The van der Waals surface area contributed by atoms with Crippen LogP contribution in [-0.4, -0.2) is 34.2 Å². The Bertz CT molecular complexity index is 467. The number of hydrogen-bond acceptors (Lipinski definition) is 5. The molecule has 1 N–H and O–H groups in total. The molecule has 1 rings (SSSR count). The second-order valence-electron chi connectivity index (χ2n) is 5.66. The van der Waals surface area contributed by atoms with Crippen molar-refractivity contribution in [3.05, 3.63) is 30.1 Å². The Morgan fingerprint density at radius 1 is 1.33 bits per heavy atom. The van der Waals surface area contributed by atoms with Gasteiger partial charge in [0.1, 0.15) is 5.60 Å². The summed E-state index contributed by atoms with van der Waals surface area (Å²) in [7, 11) is 0. The zero-order valence-electron chi connectivity index (χ0n) is 12.5.